The van der Waals surface area contributed by atoms with E-state index in [1.54, 1.807) is 11.3 Å². The molecule has 0 N–H and O–H groups in total. The topological polar surface area (TPSA) is 54.9 Å². The van der Waals surface area contributed by atoms with Crippen LogP contribution in [0.1, 0.15) is 30.5 Å². The maximum Gasteiger partial charge on any atom is 0.233 e. The predicted molar refractivity (Wildman–Crippen MR) is 133 cm³/mol. The average molecular weight is 476 g/mol. The fraction of sp³-hybridized carbons (Fsp3) is 0.417. The van der Waals surface area contributed by atoms with E-state index in [1.165, 1.54) is 11.1 Å². The van der Waals surface area contributed by atoms with Crippen molar-refractivity contribution in [3.05, 3.63) is 47.0 Å². The van der Waals surface area contributed by atoms with E-state index < -0.39 is 0 Å². The number of amides is 1. The minimum Gasteiger partial charge on any atom is -0.454 e. The molecular formula is C24H30ClN3O3S. The number of thiazole rings is 1. The van der Waals surface area contributed by atoms with Gasteiger partial charge in [-0.05, 0) is 61.8 Å². The lowest BCUT2D eigenvalue weighted by molar-refractivity contribution is -0.118. The summed E-state index contributed by atoms with van der Waals surface area (Å²) in [7, 11) is 0. The van der Waals surface area contributed by atoms with Crippen molar-refractivity contribution in [2.45, 2.75) is 34.1 Å². The van der Waals surface area contributed by atoms with E-state index in [0.29, 0.717) is 18.7 Å². The van der Waals surface area contributed by atoms with Crippen molar-refractivity contribution in [1.29, 1.82) is 0 Å². The van der Waals surface area contributed by atoms with Crippen molar-refractivity contribution in [1.82, 2.24) is 9.88 Å². The third-order valence-corrected chi connectivity index (χ3v) is 6.98. The number of benzene rings is 2. The van der Waals surface area contributed by atoms with Crippen molar-refractivity contribution in [2.24, 2.45) is 0 Å². The molecule has 3 aromatic rings. The molecule has 2 heterocycles. The van der Waals surface area contributed by atoms with Crippen molar-refractivity contribution in [3.8, 4) is 11.5 Å². The van der Waals surface area contributed by atoms with Gasteiger partial charge in [0.25, 0.3) is 0 Å². The minimum absolute atomic E-state index is 0. The van der Waals surface area contributed by atoms with Gasteiger partial charge in [-0.2, -0.15) is 0 Å². The lowest BCUT2D eigenvalue weighted by atomic mass is 10.1. The van der Waals surface area contributed by atoms with Gasteiger partial charge >= 0.3 is 0 Å². The number of rotatable bonds is 8. The zero-order valence-corrected chi connectivity index (χ0v) is 20.6. The van der Waals surface area contributed by atoms with E-state index in [9.17, 15) is 4.79 Å². The summed E-state index contributed by atoms with van der Waals surface area (Å²) in [6, 6.07) is 9.92. The summed E-state index contributed by atoms with van der Waals surface area (Å²) in [5, 5.41) is 0.765. The van der Waals surface area contributed by atoms with Gasteiger partial charge in [-0.15, -0.1) is 12.4 Å². The quantitative estimate of drug-likeness (QED) is 0.460. The fourth-order valence-electron chi connectivity index (χ4n) is 3.76. The second-order valence-corrected chi connectivity index (χ2v) is 8.80. The number of aromatic nitrogens is 1. The first kappa shape index (κ1) is 24.3. The molecule has 6 nitrogen and oxygen atoms in total. The Morgan fingerprint density at radius 2 is 1.81 bits per heavy atom. The Morgan fingerprint density at radius 1 is 1.06 bits per heavy atom. The number of carbonyl (C=O) groups excluding carboxylic acids is 1. The summed E-state index contributed by atoms with van der Waals surface area (Å²) < 4.78 is 12.0. The highest BCUT2D eigenvalue weighted by atomic mass is 35.5. The lowest BCUT2D eigenvalue weighted by Gasteiger charge is -2.24. The average Bonchev–Trinajstić information content (AvgIpc) is 3.41. The number of aryl methyl sites for hydroxylation is 2. The highest BCUT2D eigenvalue weighted by Gasteiger charge is 2.22. The Kier molecular flexibility index (Phi) is 7.98. The normalized spacial score (nSPS) is 12.3. The molecule has 0 saturated carbocycles. The summed E-state index contributed by atoms with van der Waals surface area (Å²) in [6.45, 7) is 12.0. The van der Waals surface area contributed by atoms with Gasteiger partial charge in [-0.25, -0.2) is 4.98 Å². The summed E-state index contributed by atoms with van der Waals surface area (Å²) in [6.07, 6.45) is 0.294. The van der Waals surface area contributed by atoms with Gasteiger partial charge in [-0.1, -0.05) is 37.3 Å². The fourth-order valence-corrected chi connectivity index (χ4v) is 4.83. The molecular weight excluding hydrogens is 446 g/mol. The number of hydrogen-bond donors (Lipinski definition) is 0. The van der Waals surface area contributed by atoms with Gasteiger partial charge in [0.2, 0.25) is 12.7 Å². The Bertz CT molecular complexity index is 1100. The number of fused-ring (bicyclic) bond motifs is 2. The number of carbonyl (C=O) groups is 1. The highest BCUT2D eigenvalue weighted by molar-refractivity contribution is 7.22. The van der Waals surface area contributed by atoms with Gasteiger partial charge in [0.15, 0.2) is 16.6 Å². The van der Waals surface area contributed by atoms with Gasteiger partial charge in [-0.3, -0.25) is 9.69 Å². The van der Waals surface area contributed by atoms with E-state index in [2.05, 4.69) is 44.7 Å². The van der Waals surface area contributed by atoms with Crippen LogP contribution in [0.15, 0.2) is 30.3 Å². The van der Waals surface area contributed by atoms with Crippen molar-refractivity contribution in [2.75, 3.05) is 37.9 Å². The highest BCUT2D eigenvalue weighted by Crippen LogP contribution is 2.34. The molecule has 4 rings (SSSR count). The van der Waals surface area contributed by atoms with Crippen LogP contribution in [0.2, 0.25) is 0 Å². The molecule has 8 heteroatoms. The van der Waals surface area contributed by atoms with Crippen LogP contribution in [0.3, 0.4) is 0 Å². The lowest BCUT2D eigenvalue weighted by Crippen LogP contribution is -2.39. The number of likely N-dealkylation sites (N-methyl/N-ethyl adjacent to an activating group) is 1. The van der Waals surface area contributed by atoms with Crippen LogP contribution in [0.25, 0.3) is 10.2 Å². The molecule has 32 heavy (non-hydrogen) atoms. The molecule has 0 radical (unpaired) electrons. The Balaban J connectivity index is 0.00000289. The molecule has 0 unspecified atom stereocenters. The molecule has 0 aliphatic carbocycles. The van der Waals surface area contributed by atoms with Crippen LogP contribution < -0.4 is 14.4 Å². The molecule has 1 aromatic heterocycles. The van der Waals surface area contributed by atoms with E-state index in [-0.39, 0.29) is 25.1 Å². The Hall–Kier alpha value is -2.35. The number of anilines is 1. The van der Waals surface area contributed by atoms with E-state index >= 15 is 0 Å². The third kappa shape index (κ3) is 5.00. The Labute approximate surface area is 199 Å². The summed E-state index contributed by atoms with van der Waals surface area (Å²) >= 11 is 1.58. The largest absolute Gasteiger partial charge is 0.454 e. The van der Waals surface area contributed by atoms with Gasteiger partial charge in [0, 0.05) is 13.1 Å². The monoisotopic (exact) mass is 475 g/mol. The molecule has 0 saturated heterocycles. The molecule has 0 spiro atoms. The second-order valence-electron chi connectivity index (χ2n) is 7.79. The van der Waals surface area contributed by atoms with Gasteiger partial charge < -0.3 is 14.4 Å². The van der Waals surface area contributed by atoms with E-state index in [0.717, 1.165) is 46.3 Å². The van der Waals surface area contributed by atoms with Crippen LogP contribution in [0.5, 0.6) is 11.5 Å². The molecule has 0 atom stereocenters. The molecule has 0 fully saturated rings. The first-order valence-corrected chi connectivity index (χ1v) is 11.6. The summed E-state index contributed by atoms with van der Waals surface area (Å²) in [5.41, 5.74) is 4.29. The third-order valence-electron chi connectivity index (χ3n) is 5.93. The molecule has 1 aliphatic heterocycles. The predicted octanol–water partition coefficient (Wildman–Crippen LogP) is 4.98. The van der Waals surface area contributed by atoms with Crippen LogP contribution in [0, 0.1) is 13.8 Å². The van der Waals surface area contributed by atoms with Gasteiger partial charge in [0.05, 0.1) is 16.6 Å². The zero-order chi connectivity index (χ0) is 22.0. The molecule has 172 valence electrons. The van der Waals surface area contributed by atoms with E-state index in [1.807, 2.05) is 23.1 Å². The standard InChI is InChI=1S/C24H29N3O3S.ClH/c1-5-26(6-2)11-12-27(24-25-23-17(4)16(3)7-10-21(23)31-24)22(28)14-18-8-9-19-20(13-18)30-15-29-19;/h7-10,13H,5-6,11-12,14-15H2,1-4H3;1H. The molecule has 1 amide bonds. The first-order valence-electron chi connectivity index (χ1n) is 10.8. The maximum atomic E-state index is 13.4. The van der Waals surface area contributed by atoms with Crippen LogP contribution in [-0.2, 0) is 11.2 Å². The van der Waals surface area contributed by atoms with Crippen molar-refractivity contribution in [3.63, 3.8) is 0 Å². The summed E-state index contributed by atoms with van der Waals surface area (Å²) in [5.74, 6) is 1.47. The Morgan fingerprint density at radius 3 is 2.56 bits per heavy atom. The number of ether oxygens (including phenoxy) is 2. The second kappa shape index (κ2) is 10.5. The minimum atomic E-state index is 0. The number of halogens is 1. The van der Waals surface area contributed by atoms with E-state index in [4.69, 9.17) is 14.5 Å². The first-order chi connectivity index (χ1) is 15.0. The summed E-state index contributed by atoms with van der Waals surface area (Å²) in [4.78, 5) is 22.5. The maximum absolute atomic E-state index is 13.4. The molecule has 0 bridgehead atoms. The zero-order valence-electron chi connectivity index (χ0n) is 19.0. The SMILES string of the molecule is CCN(CC)CCN(C(=O)Cc1ccc2c(c1)OCO2)c1nc2c(C)c(C)ccc2s1.Cl. The van der Waals surface area contributed by atoms with Crippen LogP contribution in [0.4, 0.5) is 5.13 Å². The molecule has 1 aliphatic rings. The number of nitrogens with zero attached hydrogens (tertiary/aromatic N) is 3. The van der Waals surface area contributed by atoms with Crippen molar-refractivity contribution < 1.29 is 14.3 Å². The van der Waals surface area contributed by atoms with Crippen LogP contribution >= 0.6 is 23.7 Å². The molecule has 2 aromatic carbocycles. The smallest absolute Gasteiger partial charge is 0.233 e. The number of hydrogen-bond acceptors (Lipinski definition) is 6. The van der Waals surface area contributed by atoms with Gasteiger partial charge in [0.1, 0.15) is 0 Å². The van der Waals surface area contributed by atoms with Crippen molar-refractivity contribution >= 4 is 45.0 Å². The van der Waals surface area contributed by atoms with Crippen LogP contribution in [-0.4, -0.2) is 48.8 Å².